The van der Waals surface area contributed by atoms with Crippen molar-refractivity contribution in [2.45, 2.75) is 25.8 Å². The molecule has 5 heteroatoms. The molecule has 2 rings (SSSR count). The van der Waals surface area contributed by atoms with Crippen LogP contribution >= 0.6 is 23.2 Å². The average molecular weight is 302 g/mol. The smallest absolute Gasteiger partial charge is 0.0749 e. The number of likely N-dealkylation sites (N-methyl/N-ethyl adjacent to an activating group) is 1. The lowest BCUT2D eigenvalue weighted by molar-refractivity contribution is 0.328. The molecule has 0 aliphatic carbocycles. The van der Waals surface area contributed by atoms with Gasteiger partial charge >= 0.3 is 0 Å². The molecule has 1 aromatic carbocycles. The van der Waals surface area contributed by atoms with Crippen molar-refractivity contribution in [1.29, 1.82) is 0 Å². The average Bonchev–Trinajstić information content (AvgIpc) is 2.50. The van der Waals surface area contributed by atoms with Crippen LogP contribution in [0.2, 0.25) is 10.0 Å². The summed E-state index contributed by atoms with van der Waals surface area (Å²) in [7, 11) is 2.17. The molecule has 1 aliphatic heterocycles. The molecule has 0 radical (unpaired) electrons. The molecule has 0 bridgehead atoms. The van der Waals surface area contributed by atoms with Crippen LogP contribution in [0, 0.1) is 0 Å². The molecule has 1 unspecified atom stereocenters. The minimum Gasteiger partial charge on any atom is -0.399 e. The van der Waals surface area contributed by atoms with E-state index in [1.54, 1.807) is 12.1 Å². The third kappa shape index (κ3) is 3.28. The summed E-state index contributed by atoms with van der Waals surface area (Å²) in [6.07, 6.45) is 2.19. The number of nitrogen functional groups attached to an aromatic ring is 1. The van der Waals surface area contributed by atoms with E-state index in [0.717, 1.165) is 38.2 Å². The molecule has 0 spiro atoms. The molecule has 0 amide bonds. The number of benzene rings is 1. The number of nitrogens with two attached hydrogens (primary N) is 1. The summed E-state index contributed by atoms with van der Waals surface area (Å²) in [5, 5.41) is 1.29. The van der Waals surface area contributed by atoms with Gasteiger partial charge in [0, 0.05) is 24.8 Å². The van der Waals surface area contributed by atoms with Crippen LogP contribution in [0.15, 0.2) is 12.1 Å². The summed E-state index contributed by atoms with van der Waals surface area (Å²) in [6, 6.07) is 4.00. The van der Waals surface area contributed by atoms with E-state index in [4.69, 9.17) is 28.9 Å². The van der Waals surface area contributed by atoms with Gasteiger partial charge in [-0.2, -0.15) is 0 Å². The van der Waals surface area contributed by atoms with Crippen LogP contribution in [0.3, 0.4) is 0 Å². The van der Waals surface area contributed by atoms with E-state index in [0.29, 0.717) is 21.8 Å². The van der Waals surface area contributed by atoms with Gasteiger partial charge in [-0.05, 0) is 38.6 Å². The lowest BCUT2D eigenvalue weighted by atomic mass is 10.1. The zero-order chi connectivity index (χ0) is 14.0. The fraction of sp³-hybridized carbons (Fsp3) is 0.571. The highest BCUT2D eigenvalue weighted by Gasteiger charge is 2.25. The number of rotatable bonds is 2. The van der Waals surface area contributed by atoms with Gasteiger partial charge in [0.15, 0.2) is 0 Å². The summed E-state index contributed by atoms with van der Waals surface area (Å²) < 4.78 is 0. The highest BCUT2D eigenvalue weighted by Crippen LogP contribution is 2.38. The highest BCUT2D eigenvalue weighted by molar-refractivity contribution is 6.39. The van der Waals surface area contributed by atoms with E-state index in [-0.39, 0.29) is 0 Å². The normalized spacial score (nSPS) is 21.5. The van der Waals surface area contributed by atoms with Crippen LogP contribution in [0.5, 0.6) is 0 Å². The molecule has 3 nitrogen and oxygen atoms in total. The van der Waals surface area contributed by atoms with Crippen LogP contribution in [0.1, 0.15) is 19.8 Å². The highest BCUT2D eigenvalue weighted by atomic mass is 35.5. The molecule has 1 aliphatic rings. The Labute approximate surface area is 125 Å². The van der Waals surface area contributed by atoms with Gasteiger partial charge in [0.25, 0.3) is 0 Å². The first-order valence-electron chi connectivity index (χ1n) is 6.72. The van der Waals surface area contributed by atoms with Crippen LogP contribution in [0.4, 0.5) is 11.4 Å². The summed E-state index contributed by atoms with van der Waals surface area (Å²) in [6.45, 7) is 5.33. The van der Waals surface area contributed by atoms with Crippen molar-refractivity contribution in [1.82, 2.24) is 4.90 Å². The van der Waals surface area contributed by atoms with E-state index < -0.39 is 0 Å². The van der Waals surface area contributed by atoms with Crippen LogP contribution in [-0.2, 0) is 0 Å². The Hall–Kier alpha value is -0.640. The maximum absolute atomic E-state index is 6.36. The van der Waals surface area contributed by atoms with Crippen molar-refractivity contribution in [2.75, 3.05) is 37.3 Å². The number of nitrogens with zero attached hydrogens (tertiary/aromatic N) is 2. The van der Waals surface area contributed by atoms with E-state index >= 15 is 0 Å². The standard InChI is InChI=1S/C14H21Cl2N3/c1-3-11-9-18(2)5-4-6-19(11)14-12(15)7-10(17)8-13(14)16/h7-8,11H,3-6,9,17H2,1-2H3. The Morgan fingerprint density at radius 1 is 1.26 bits per heavy atom. The Bertz CT molecular complexity index is 427. The van der Waals surface area contributed by atoms with Gasteiger partial charge in [0.05, 0.1) is 15.7 Å². The van der Waals surface area contributed by atoms with E-state index in [9.17, 15) is 0 Å². The van der Waals surface area contributed by atoms with Crippen molar-refractivity contribution in [3.63, 3.8) is 0 Å². The summed E-state index contributed by atoms with van der Waals surface area (Å²) in [5.74, 6) is 0. The van der Waals surface area contributed by atoms with Gasteiger partial charge in [0.1, 0.15) is 0 Å². The number of hydrogen-bond donors (Lipinski definition) is 1. The zero-order valence-electron chi connectivity index (χ0n) is 11.5. The third-order valence-electron chi connectivity index (χ3n) is 3.70. The summed E-state index contributed by atoms with van der Waals surface area (Å²) >= 11 is 12.7. The number of anilines is 2. The zero-order valence-corrected chi connectivity index (χ0v) is 13.0. The predicted molar refractivity (Wildman–Crippen MR) is 84.4 cm³/mol. The third-order valence-corrected chi connectivity index (χ3v) is 4.28. The first-order chi connectivity index (χ1) is 9.02. The molecule has 106 valence electrons. The molecular formula is C14H21Cl2N3. The molecule has 1 saturated heterocycles. The molecule has 19 heavy (non-hydrogen) atoms. The Kier molecular flexibility index (Phi) is 4.82. The monoisotopic (exact) mass is 301 g/mol. The van der Waals surface area contributed by atoms with Gasteiger partial charge in [-0.3, -0.25) is 0 Å². The summed E-state index contributed by atoms with van der Waals surface area (Å²) in [4.78, 5) is 4.71. The van der Waals surface area contributed by atoms with Crippen LogP contribution < -0.4 is 10.6 Å². The van der Waals surface area contributed by atoms with Gasteiger partial charge in [-0.1, -0.05) is 30.1 Å². The first-order valence-corrected chi connectivity index (χ1v) is 7.48. The van der Waals surface area contributed by atoms with Gasteiger partial charge < -0.3 is 15.5 Å². The molecule has 1 aromatic rings. The van der Waals surface area contributed by atoms with E-state index in [2.05, 4.69) is 23.8 Å². The largest absolute Gasteiger partial charge is 0.399 e. The Balaban J connectivity index is 2.38. The lowest BCUT2D eigenvalue weighted by Crippen LogP contribution is -2.40. The lowest BCUT2D eigenvalue weighted by Gasteiger charge is -2.33. The molecule has 0 aromatic heterocycles. The molecule has 2 N–H and O–H groups in total. The Morgan fingerprint density at radius 2 is 1.89 bits per heavy atom. The van der Waals surface area contributed by atoms with Gasteiger partial charge in [0.2, 0.25) is 0 Å². The van der Waals surface area contributed by atoms with Crippen LogP contribution in [-0.4, -0.2) is 37.6 Å². The first kappa shape index (κ1) is 14.8. The van der Waals surface area contributed by atoms with Crippen molar-refractivity contribution in [3.05, 3.63) is 22.2 Å². The van der Waals surface area contributed by atoms with Gasteiger partial charge in [-0.25, -0.2) is 0 Å². The Morgan fingerprint density at radius 3 is 2.47 bits per heavy atom. The maximum atomic E-state index is 6.36. The molecule has 1 atom stereocenters. The minimum absolute atomic E-state index is 0.436. The second-order valence-electron chi connectivity index (χ2n) is 5.20. The molecular weight excluding hydrogens is 281 g/mol. The molecule has 0 saturated carbocycles. The molecule has 1 fully saturated rings. The second kappa shape index (κ2) is 6.21. The van der Waals surface area contributed by atoms with E-state index in [1.807, 2.05) is 0 Å². The number of hydrogen-bond acceptors (Lipinski definition) is 3. The van der Waals surface area contributed by atoms with Gasteiger partial charge in [-0.15, -0.1) is 0 Å². The second-order valence-corrected chi connectivity index (χ2v) is 6.02. The molecule has 1 heterocycles. The fourth-order valence-corrected chi connectivity index (χ4v) is 3.47. The summed E-state index contributed by atoms with van der Waals surface area (Å²) in [5.41, 5.74) is 7.32. The van der Waals surface area contributed by atoms with Crippen LogP contribution in [0.25, 0.3) is 0 Å². The van der Waals surface area contributed by atoms with E-state index in [1.165, 1.54) is 0 Å². The van der Waals surface area contributed by atoms with Crippen molar-refractivity contribution in [2.24, 2.45) is 0 Å². The van der Waals surface area contributed by atoms with Crippen molar-refractivity contribution < 1.29 is 0 Å². The predicted octanol–water partition coefficient (Wildman–Crippen LogP) is 3.50. The number of halogens is 2. The minimum atomic E-state index is 0.436. The van der Waals surface area contributed by atoms with Crippen molar-refractivity contribution >= 4 is 34.6 Å². The topological polar surface area (TPSA) is 32.5 Å². The van der Waals surface area contributed by atoms with Crippen molar-refractivity contribution in [3.8, 4) is 0 Å². The SMILES string of the molecule is CCC1CN(C)CCCN1c1c(Cl)cc(N)cc1Cl. The quantitative estimate of drug-likeness (QED) is 0.849. The maximum Gasteiger partial charge on any atom is 0.0749 e. The fourth-order valence-electron chi connectivity index (χ4n) is 2.75.